The van der Waals surface area contributed by atoms with Gasteiger partial charge in [-0.2, -0.15) is 0 Å². The second-order valence-corrected chi connectivity index (χ2v) is 6.65. The number of methoxy groups -OCH3 is 1. The summed E-state index contributed by atoms with van der Waals surface area (Å²) in [4.78, 5) is 8.25. The second kappa shape index (κ2) is 6.73. The van der Waals surface area contributed by atoms with Crippen LogP contribution in [0.3, 0.4) is 0 Å². The van der Waals surface area contributed by atoms with Gasteiger partial charge < -0.3 is 9.15 Å². The zero-order valence-electron chi connectivity index (χ0n) is 12.7. The van der Waals surface area contributed by atoms with E-state index in [2.05, 4.69) is 21.3 Å². The molecule has 114 valence electrons. The summed E-state index contributed by atoms with van der Waals surface area (Å²) >= 11 is 1.66. The molecule has 0 unspecified atom stereocenters. The van der Waals surface area contributed by atoms with Crippen molar-refractivity contribution in [1.29, 1.82) is 0 Å². The fourth-order valence-corrected chi connectivity index (χ4v) is 3.61. The van der Waals surface area contributed by atoms with Crippen molar-refractivity contribution in [2.75, 3.05) is 26.8 Å². The van der Waals surface area contributed by atoms with Gasteiger partial charge in [0, 0.05) is 20.2 Å². The highest BCUT2D eigenvalue weighted by molar-refractivity contribution is 7.13. The summed E-state index contributed by atoms with van der Waals surface area (Å²) in [6, 6.07) is 4.08. The highest BCUT2D eigenvalue weighted by atomic mass is 32.1. The second-order valence-electron chi connectivity index (χ2n) is 5.70. The van der Waals surface area contributed by atoms with Crippen LogP contribution >= 0.6 is 11.3 Å². The number of likely N-dealkylation sites (tertiary alicyclic amines) is 1. The summed E-state index contributed by atoms with van der Waals surface area (Å²) in [5, 5.41) is 2.05. The molecule has 0 saturated carbocycles. The average molecular weight is 306 g/mol. The third-order valence-electron chi connectivity index (χ3n) is 4.00. The van der Waals surface area contributed by atoms with Crippen LogP contribution in [0, 0.1) is 12.8 Å². The van der Waals surface area contributed by atoms with Crippen molar-refractivity contribution in [3.05, 3.63) is 29.0 Å². The molecule has 1 atom stereocenters. The number of hydrogen-bond acceptors (Lipinski definition) is 5. The van der Waals surface area contributed by atoms with E-state index in [1.165, 1.54) is 12.8 Å². The molecule has 0 amide bonds. The van der Waals surface area contributed by atoms with Crippen LogP contribution in [0.4, 0.5) is 0 Å². The molecule has 1 fully saturated rings. The van der Waals surface area contributed by atoms with Gasteiger partial charge in [-0.05, 0) is 43.7 Å². The first kappa shape index (κ1) is 14.8. The van der Waals surface area contributed by atoms with E-state index >= 15 is 0 Å². The summed E-state index contributed by atoms with van der Waals surface area (Å²) in [7, 11) is 1.79. The number of piperidine rings is 1. The Morgan fingerprint density at radius 3 is 3.19 bits per heavy atom. The fraction of sp³-hybridized carbons (Fsp3) is 0.562. The van der Waals surface area contributed by atoms with Crippen molar-refractivity contribution in [2.24, 2.45) is 5.92 Å². The number of ether oxygens (including phenoxy) is 1. The number of rotatable bonds is 5. The van der Waals surface area contributed by atoms with Crippen molar-refractivity contribution in [2.45, 2.75) is 26.3 Å². The van der Waals surface area contributed by atoms with Crippen LogP contribution in [-0.2, 0) is 11.3 Å². The lowest BCUT2D eigenvalue weighted by molar-refractivity contribution is 0.0866. The molecule has 0 bridgehead atoms. The molecule has 1 aliphatic rings. The van der Waals surface area contributed by atoms with Crippen LogP contribution in [0.2, 0.25) is 0 Å². The van der Waals surface area contributed by atoms with E-state index in [-0.39, 0.29) is 0 Å². The summed E-state index contributed by atoms with van der Waals surface area (Å²) in [6.45, 7) is 5.97. The predicted octanol–water partition coefficient (Wildman–Crippen LogP) is 3.57. The Morgan fingerprint density at radius 1 is 1.52 bits per heavy atom. The van der Waals surface area contributed by atoms with E-state index < -0.39 is 0 Å². The Hall–Kier alpha value is -1.17. The molecule has 2 aromatic heterocycles. The van der Waals surface area contributed by atoms with Crippen molar-refractivity contribution in [1.82, 2.24) is 9.88 Å². The average Bonchev–Trinajstić information content (AvgIpc) is 3.10. The molecule has 0 radical (unpaired) electrons. The van der Waals surface area contributed by atoms with Gasteiger partial charge in [0.1, 0.15) is 5.76 Å². The zero-order chi connectivity index (χ0) is 14.7. The first-order valence-electron chi connectivity index (χ1n) is 7.47. The molecule has 4 nitrogen and oxygen atoms in total. The van der Waals surface area contributed by atoms with E-state index in [0.29, 0.717) is 5.92 Å². The monoisotopic (exact) mass is 306 g/mol. The SMILES string of the molecule is COC[C@H]1CCCN(Cc2nc(-c3cccs3)oc2C)C1. The van der Waals surface area contributed by atoms with Gasteiger partial charge >= 0.3 is 0 Å². The Bertz CT molecular complexity index is 563. The normalized spacial score (nSPS) is 20.0. The Kier molecular flexibility index (Phi) is 4.73. The first-order chi connectivity index (χ1) is 10.3. The number of aromatic nitrogens is 1. The highest BCUT2D eigenvalue weighted by Crippen LogP contribution is 2.27. The topological polar surface area (TPSA) is 38.5 Å². The molecular weight excluding hydrogens is 284 g/mol. The number of thiophene rings is 1. The van der Waals surface area contributed by atoms with Crippen LogP contribution in [0.5, 0.6) is 0 Å². The van der Waals surface area contributed by atoms with Gasteiger partial charge in [0.25, 0.3) is 0 Å². The number of aryl methyl sites for hydroxylation is 1. The molecule has 3 heterocycles. The molecule has 1 aliphatic heterocycles. The summed E-state index contributed by atoms with van der Waals surface area (Å²) < 4.78 is 11.1. The van der Waals surface area contributed by atoms with Crippen LogP contribution in [0.25, 0.3) is 10.8 Å². The summed E-state index contributed by atoms with van der Waals surface area (Å²) in [5.74, 6) is 2.34. The van der Waals surface area contributed by atoms with Gasteiger partial charge in [-0.25, -0.2) is 4.98 Å². The largest absolute Gasteiger partial charge is 0.440 e. The molecule has 0 N–H and O–H groups in total. The van der Waals surface area contributed by atoms with E-state index in [9.17, 15) is 0 Å². The van der Waals surface area contributed by atoms with Crippen molar-refractivity contribution in [3.63, 3.8) is 0 Å². The molecular formula is C16H22N2O2S. The number of nitrogens with zero attached hydrogens (tertiary/aromatic N) is 2. The smallest absolute Gasteiger partial charge is 0.236 e. The van der Waals surface area contributed by atoms with Crippen LogP contribution in [0.1, 0.15) is 24.3 Å². The maximum atomic E-state index is 5.82. The minimum absolute atomic E-state index is 0.646. The lowest BCUT2D eigenvalue weighted by atomic mass is 9.99. The van der Waals surface area contributed by atoms with Crippen LogP contribution in [0.15, 0.2) is 21.9 Å². The third-order valence-corrected chi connectivity index (χ3v) is 4.86. The lowest BCUT2D eigenvalue weighted by Gasteiger charge is -2.31. The Labute approximate surface area is 129 Å². The predicted molar refractivity (Wildman–Crippen MR) is 84.4 cm³/mol. The molecule has 1 saturated heterocycles. The van der Waals surface area contributed by atoms with Crippen LogP contribution in [-0.4, -0.2) is 36.7 Å². The van der Waals surface area contributed by atoms with Gasteiger partial charge in [-0.15, -0.1) is 11.3 Å². The molecule has 5 heteroatoms. The van der Waals surface area contributed by atoms with Gasteiger partial charge in [0.05, 0.1) is 17.2 Å². The summed E-state index contributed by atoms with van der Waals surface area (Å²) in [6.07, 6.45) is 2.51. The van der Waals surface area contributed by atoms with Gasteiger partial charge in [-0.3, -0.25) is 4.90 Å². The maximum Gasteiger partial charge on any atom is 0.236 e. The summed E-state index contributed by atoms with van der Waals surface area (Å²) in [5.41, 5.74) is 1.07. The number of hydrogen-bond donors (Lipinski definition) is 0. The molecule has 21 heavy (non-hydrogen) atoms. The van der Waals surface area contributed by atoms with Crippen molar-refractivity contribution in [3.8, 4) is 10.8 Å². The Morgan fingerprint density at radius 2 is 2.43 bits per heavy atom. The minimum Gasteiger partial charge on any atom is -0.440 e. The molecule has 0 aromatic carbocycles. The standard InChI is InChI=1S/C16H22N2O2S/c1-12-14(17-16(20-12)15-6-4-8-21-15)10-18-7-3-5-13(9-18)11-19-2/h4,6,8,13H,3,5,7,9-11H2,1-2H3/t13-/m0/s1. The van der Waals surface area contributed by atoms with E-state index in [1.807, 2.05) is 13.0 Å². The molecule has 3 rings (SSSR count). The van der Waals surface area contributed by atoms with Gasteiger partial charge in [0.15, 0.2) is 0 Å². The molecule has 0 spiro atoms. The number of oxazole rings is 1. The zero-order valence-corrected chi connectivity index (χ0v) is 13.5. The lowest BCUT2D eigenvalue weighted by Crippen LogP contribution is -2.36. The van der Waals surface area contributed by atoms with Gasteiger partial charge in [0.2, 0.25) is 5.89 Å². The van der Waals surface area contributed by atoms with E-state index in [4.69, 9.17) is 9.15 Å². The molecule has 2 aromatic rings. The van der Waals surface area contributed by atoms with Crippen LogP contribution < -0.4 is 0 Å². The van der Waals surface area contributed by atoms with E-state index in [1.54, 1.807) is 18.4 Å². The first-order valence-corrected chi connectivity index (χ1v) is 8.35. The van der Waals surface area contributed by atoms with Crippen molar-refractivity contribution < 1.29 is 9.15 Å². The molecule has 0 aliphatic carbocycles. The third kappa shape index (κ3) is 3.54. The fourth-order valence-electron chi connectivity index (χ4n) is 2.96. The van der Waals surface area contributed by atoms with Gasteiger partial charge in [-0.1, -0.05) is 6.07 Å². The van der Waals surface area contributed by atoms with Crippen molar-refractivity contribution >= 4 is 11.3 Å². The van der Waals surface area contributed by atoms with E-state index in [0.717, 1.165) is 48.5 Å². The Balaban J connectivity index is 1.67. The highest BCUT2D eigenvalue weighted by Gasteiger charge is 2.22. The minimum atomic E-state index is 0.646. The maximum absolute atomic E-state index is 5.82. The quantitative estimate of drug-likeness (QED) is 0.846.